The molecule has 246 valence electrons. The molecule has 1 aliphatic heterocycles. The number of nitrogens with zero attached hydrogens (tertiary/aromatic N) is 6. The molecule has 0 radical (unpaired) electrons. The summed E-state index contributed by atoms with van der Waals surface area (Å²) in [6.07, 6.45) is -2.70. The van der Waals surface area contributed by atoms with Crippen LogP contribution in [0.3, 0.4) is 0 Å². The lowest BCUT2D eigenvalue weighted by Gasteiger charge is -2.44. The van der Waals surface area contributed by atoms with Gasteiger partial charge in [0.1, 0.15) is 17.9 Å². The normalized spacial score (nSPS) is 18.1. The lowest BCUT2D eigenvalue weighted by Crippen LogP contribution is -2.63. The highest BCUT2D eigenvalue weighted by Crippen LogP contribution is 2.35. The van der Waals surface area contributed by atoms with Crippen LogP contribution in [0.1, 0.15) is 32.3 Å². The van der Waals surface area contributed by atoms with Gasteiger partial charge in [-0.05, 0) is 43.5 Å². The van der Waals surface area contributed by atoms with Gasteiger partial charge in [-0.25, -0.2) is 37.3 Å². The number of nitrogen functional groups attached to an aromatic ring is 1. The van der Waals surface area contributed by atoms with Crippen molar-refractivity contribution in [1.29, 1.82) is 0 Å². The molecule has 1 aliphatic rings. The van der Waals surface area contributed by atoms with Gasteiger partial charge in [0.15, 0.2) is 28.8 Å². The Morgan fingerprint density at radius 3 is 2.59 bits per heavy atom. The maximum atomic E-state index is 15.1. The average Bonchev–Trinajstić information content (AvgIpc) is 3.42. The molecule has 0 bridgehead atoms. The Balaban J connectivity index is 1.51. The Kier molecular flexibility index (Phi) is 9.43. The summed E-state index contributed by atoms with van der Waals surface area (Å²) < 4.78 is 73.6. The van der Waals surface area contributed by atoms with E-state index in [0.717, 1.165) is 12.1 Å². The number of aliphatic hydroxyl groups is 1. The minimum Gasteiger partial charge on any atom is -0.449 e. The van der Waals surface area contributed by atoms with Gasteiger partial charge in [-0.15, -0.1) is 0 Å². The lowest BCUT2D eigenvalue weighted by molar-refractivity contribution is -0.0550. The molecule has 5 rings (SSSR count). The molecule has 0 spiro atoms. The predicted octanol–water partition coefficient (Wildman–Crippen LogP) is 3.62. The monoisotopic (exact) mass is 648 g/mol. The summed E-state index contributed by atoms with van der Waals surface area (Å²) in [7, 11) is 0. The Labute approximate surface area is 260 Å². The van der Waals surface area contributed by atoms with E-state index in [9.17, 15) is 18.7 Å². The van der Waals surface area contributed by atoms with Gasteiger partial charge in [-0.1, -0.05) is 0 Å². The van der Waals surface area contributed by atoms with E-state index in [-0.39, 0.29) is 43.2 Å². The first-order valence-electron chi connectivity index (χ1n) is 14.3. The molecular formula is C29H32F4N8O5. The summed E-state index contributed by atoms with van der Waals surface area (Å²) in [5, 5.41) is 10.2. The fraction of sp³-hybridized carbons (Fsp3) is 0.414. The molecule has 0 amide bonds. The highest BCUT2D eigenvalue weighted by Gasteiger charge is 2.43. The second-order valence-corrected chi connectivity index (χ2v) is 10.8. The van der Waals surface area contributed by atoms with E-state index in [1.54, 1.807) is 22.5 Å². The van der Waals surface area contributed by atoms with E-state index in [2.05, 4.69) is 24.7 Å². The van der Waals surface area contributed by atoms with Gasteiger partial charge >= 0.3 is 6.16 Å². The number of fused-ring (bicyclic) bond motifs is 1. The van der Waals surface area contributed by atoms with Gasteiger partial charge in [0.25, 0.3) is 6.43 Å². The number of nitrogens with two attached hydrogens (primary N) is 2. The van der Waals surface area contributed by atoms with Crippen LogP contribution in [-0.2, 0) is 16.0 Å². The number of aliphatic hydroxyl groups excluding tert-OH is 1. The third-order valence-electron chi connectivity index (χ3n) is 7.56. The van der Waals surface area contributed by atoms with Crippen molar-refractivity contribution in [2.75, 3.05) is 30.3 Å². The van der Waals surface area contributed by atoms with Crippen LogP contribution in [0, 0.1) is 11.6 Å². The molecule has 1 unspecified atom stereocenters. The molecule has 3 atom stereocenters. The lowest BCUT2D eigenvalue weighted by atomic mass is 9.84. The Morgan fingerprint density at radius 1 is 1.15 bits per heavy atom. The fourth-order valence-electron chi connectivity index (χ4n) is 5.37. The number of benzene rings is 1. The quantitative estimate of drug-likeness (QED) is 0.130. The van der Waals surface area contributed by atoms with Crippen molar-refractivity contribution in [3.8, 4) is 17.0 Å². The van der Waals surface area contributed by atoms with Gasteiger partial charge in [0.2, 0.25) is 6.29 Å². The number of hydrogen-bond donors (Lipinski definition) is 3. The second-order valence-electron chi connectivity index (χ2n) is 10.8. The number of carbonyl (C=O) groups excluding carboxylic acids is 1. The highest BCUT2D eigenvalue weighted by atomic mass is 19.3. The minimum absolute atomic E-state index is 0.0398. The number of carbonyl (C=O) groups is 1. The molecule has 0 aliphatic carbocycles. The molecule has 46 heavy (non-hydrogen) atoms. The summed E-state index contributed by atoms with van der Waals surface area (Å²) in [6.45, 7) is 3.30. The smallest absolute Gasteiger partial charge is 0.449 e. The van der Waals surface area contributed by atoms with Crippen molar-refractivity contribution in [2.45, 2.75) is 57.6 Å². The number of rotatable bonds is 10. The standard InChI is InChI=1S/C29H32F4N8O5/c1-3-44-28(43)46-15(2)45-23-18(30)7-16(8-19(23)31)20-9-17(11-41-14-39-22-26(34)37-13-38-27(22)41)21(10-36-20)40-6-4-5-29(35,12-40)24(42)25(32)33/h7-10,13-15,24-25,42H,3-6,11-12,35H2,1-2H3,(H2,34,37,38)/t15?,24-,29+/m0/s1. The second kappa shape index (κ2) is 13.3. The van der Waals surface area contributed by atoms with Crippen LogP contribution in [0.2, 0.25) is 0 Å². The van der Waals surface area contributed by atoms with Crippen molar-refractivity contribution in [2.24, 2.45) is 5.73 Å². The van der Waals surface area contributed by atoms with Gasteiger partial charge in [-0.3, -0.25) is 4.98 Å². The highest BCUT2D eigenvalue weighted by molar-refractivity contribution is 5.81. The van der Waals surface area contributed by atoms with E-state index in [1.165, 1.54) is 25.8 Å². The molecule has 4 aromatic rings. The first-order chi connectivity index (χ1) is 21.9. The number of ether oxygens (including phenoxy) is 3. The molecule has 13 nitrogen and oxygen atoms in total. The van der Waals surface area contributed by atoms with Crippen LogP contribution in [0.4, 0.5) is 33.9 Å². The van der Waals surface area contributed by atoms with E-state index in [0.29, 0.717) is 35.4 Å². The molecule has 4 heterocycles. The van der Waals surface area contributed by atoms with Crippen molar-refractivity contribution in [1.82, 2.24) is 24.5 Å². The van der Waals surface area contributed by atoms with E-state index < -0.39 is 47.9 Å². The van der Waals surface area contributed by atoms with Gasteiger partial charge in [0.05, 0.1) is 42.6 Å². The van der Waals surface area contributed by atoms with Crippen LogP contribution in [0.15, 0.2) is 37.1 Å². The average molecular weight is 649 g/mol. The number of pyridine rings is 1. The number of alkyl halides is 2. The predicted molar refractivity (Wildman–Crippen MR) is 157 cm³/mol. The Bertz CT molecular complexity index is 1700. The molecule has 1 aromatic carbocycles. The molecule has 1 fully saturated rings. The van der Waals surface area contributed by atoms with E-state index >= 15 is 8.78 Å². The number of piperidine rings is 1. The van der Waals surface area contributed by atoms with E-state index in [1.807, 2.05) is 0 Å². The Hall–Kier alpha value is -4.77. The third-order valence-corrected chi connectivity index (χ3v) is 7.56. The van der Waals surface area contributed by atoms with Gasteiger partial charge in [-0.2, -0.15) is 0 Å². The summed E-state index contributed by atoms with van der Waals surface area (Å²) in [5.41, 5.74) is 12.7. The fourth-order valence-corrected chi connectivity index (χ4v) is 5.37. The molecule has 17 heteroatoms. The number of anilines is 2. The summed E-state index contributed by atoms with van der Waals surface area (Å²) in [6, 6.07) is 3.60. The SMILES string of the molecule is CCOC(=O)OC(C)Oc1c(F)cc(-c2cc(Cn3cnc4c(N)ncnc43)c(N3CCC[C@](N)([C@@H](O)C(F)F)C3)cn2)cc1F. The van der Waals surface area contributed by atoms with Crippen molar-refractivity contribution in [3.63, 3.8) is 0 Å². The number of imidazole rings is 1. The molecule has 0 saturated carbocycles. The van der Waals surface area contributed by atoms with Crippen LogP contribution in [-0.4, -0.2) is 79.8 Å². The van der Waals surface area contributed by atoms with Crippen LogP contribution in [0.25, 0.3) is 22.4 Å². The van der Waals surface area contributed by atoms with Crippen LogP contribution < -0.4 is 21.1 Å². The minimum atomic E-state index is -3.04. The molecule has 3 aromatic heterocycles. The summed E-state index contributed by atoms with van der Waals surface area (Å²) in [4.78, 5) is 30.2. The van der Waals surface area contributed by atoms with Crippen molar-refractivity contribution < 1.29 is 41.7 Å². The Morgan fingerprint density at radius 2 is 1.89 bits per heavy atom. The van der Waals surface area contributed by atoms with Crippen LogP contribution in [0.5, 0.6) is 5.75 Å². The first kappa shape index (κ1) is 32.6. The topological polar surface area (TPSA) is 177 Å². The number of aromatic nitrogens is 5. The van der Waals surface area contributed by atoms with E-state index in [4.69, 9.17) is 20.9 Å². The maximum Gasteiger partial charge on any atom is 0.511 e. The number of hydrogen-bond acceptors (Lipinski definition) is 12. The maximum absolute atomic E-state index is 15.1. The van der Waals surface area contributed by atoms with Crippen LogP contribution >= 0.6 is 0 Å². The number of halogens is 4. The summed E-state index contributed by atoms with van der Waals surface area (Å²) >= 11 is 0. The van der Waals surface area contributed by atoms with Gasteiger partial charge in [0, 0.05) is 25.6 Å². The first-order valence-corrected chi connectivity index (χ1v) is 14.3. The largest absolute Gasteiger partial charge is 0.511 e. The zero-order chi connectivity index (χ0) is 33.2. The summed E-state index contributed by atoms with van der Waals surface area (Å²) in [5.74, 6) is -2.77. The zero-order valence-corrected chi connectivity index (χ0v) is 24.9. The zero-order valence-electron chi connectivity index (χ0n) is 24.9. The third kappa shape index (κ3) is 6.74. The molecule has 1 saturated heterocycles. The van der Waals surface area contributed by atoms with Gasteiger partial charge < -0.3 is 40.3 Å². The molecular weight excluding hydrogens is 616 g/mol. The molecule has 5 N–H and O–H groups in total. The van der Waals surface area contributed by atoms with Crippen molar-refractivity contribution >= 4 is 28.8 Å². The van der Waals surface area contributed by atoms with Crippen molar-refractivity contribution in [3.05, 3.63) is 54.2 Å².